The van der Waals surface area contributed by atoms with E-state index in [0.717, 1.165) is 31.3 Å². The summed E-state index contributed by atoms with van der Waals surface area (Å²) in [4.78, 5) is 0. The van der Waals surface area contributed by atoms with Crippen LogP contribution in [0.4, 0.5) is 4.39 Å². The normalized spacial score (nSPS) is 23.5. The zero-order valence-corrected chi connectivity index (χ0v) is 8.67. The summed E-state index contributed by atoms with van der Waals surface area (Å²) in [6.07, 6.45) is 4.07. The van der Waals surface area contributed by atoms with E-state index in [2.05, 4.69) is 29.8 Å². The molecule has 0 saturated heterocycles. The Kier molecular flexibility index (Phi) is 2.74. The Labute approximate surface area is 76.0 Å². The van der Waals surface area contributed by atoms with Gasteiger partial charge in [0.1, 0.15) is 0 Å². The quantitative estimate of drug-likeness (QED) is 0.576. The average Bonchev–Trinajstić information content (AvgIpc) is 1.86. The van der Waals surface area contributed by atoms with E-state index in [-0.39, 0.29) is 4.74 Å². The Morgan fingerprint density at radius 1 is 1.36 bits per heavy atom. The Morgan fingerprint density at radius 2 is 1.82 bits per heavy atom. The monoisotopic (exact) mass is 220 g/mol. The maximum Gasteiger partial charge on any atom is 0.164 e. The highest BCUT2D eigenvalue weighted by molar-refractivity contribution is 9.11. The molecule has 1 rings (SSSR count). The van der Waals surface area contributed by atoms with Gasteiger partial charge < -0.3 is 0 Å². The molecule has 0 aliphatic heterocycles. The fourth-order valence-corrected chi connectivity index (χ4v) is 1.81. The molecule has 0 aromatic carbocycles. The van der Waals surface area contributed by atoms with Gasteiger partial charge >= 0.3 is 0 Å². The van der Waals surface area contributed by atoms with E-state index in [1.807, 2.05) is 0 Å². The molecule has 0 aromatic rings. The van der Waals surface area contributed by atoms with E-state index < -0.39 is 0 Å². The van der Waals surface area contributed by atoms with Crippen LogP contribution in [0.25, 0.3) is 0 Å². The number of hydrogen-bond donors (Lipinski definition) is 0. The molecule has 0 bridgehead atoms. The molecule has 0 heterocycles. The molecule has 11 heavy (non-hydrogen) atoms. The summed E-state index contributed by atoms with van der Waals surface area (Å²) in [5.41, 5.74) is 1.38. The minimum absolute atomic E-state index is 0.131. The lowest BCUT2D eigenvalue weighted by Gasteiger charge is -2.30. The van der Waals surface area contributed by atoms with Crippen molar-refractivity contribution in [1.82, 2.24) is 0 Å². The van der Waals surface area contributed by atoms with Gasteiger partial charge in [-0.1, -0.05) is 13.8 Å². The van der Waals surface area contributed by atoms with Crippen LogP contribution in [0.2, 0.25) is 0 Å². The van der Waals surface area contributed by atoms with Crippen LogP contribution < -0.4 is 0 Å². The second kappa shape index (κ2) is 3.26. The molecule has 1 aliphatic carbocycles. The van der Waals surface area contributed by atoms with Crippen LogP contribution in [0.1, 0.15) is 39.5 Å². The fraction of sp³-hybridized carbons (Fsp3) is 0.778. The van der Waals surface area contributed by atoms with E-state index in [1.54, 1.807) is 0 Å². The van der Waals surface area contributed by atoms with Crippen molar-refractivity contribution in [2.45, 2.75) is 39.5 Å². The minimum Gasteiger partial charge on any atom is -0.199 e. The average molecular weight is 221 g/mol. The van der Waals surface area contributed by atoms with Crippen LogP contribution >= 0.6 is 15.9 Å². The molecule has 0 unspecified atom stereocenters. The molecule has 1 fully saturated rings. The summed E-state index contributed by atoms with van der Waals surface area (Å²) in [6.45, 7) is 4.49. The van der Waals surface area contributed by atoms with E-state index >= 15 is 0 Å². The van der Waals surface area contributed by atoms with Crippen LogP contribution in [0.3, 0.4) is 0 Å². The van der Waals surface area contributed by atoms with Crippen LogP contribution in [0.5, 0.6) is 0 Å². The molecule has 0 nitrogen and oxygen atoms in total. The summed E-state index contributed by atoms with van der Waals surface area (Å²) in [6, 6.07) is 0. The van der Waals surface area contributed by atoms with Gasteiger partial charge in [-0.05, 0) is 52.6 Å². The van der Waals surface area contributed by atoms with Crippen LogP contribution in [0, 0.1) is 5.41 Å². The Balaban J connectivity index is 2.56. The smallest absolute Gasteiger partial charge is 0.164 e. The number of allylic oxidation sites excluding steroid dienone is 1. The Bertz CT molecular complexity index is 166. The van der Waals surface area contributed by atoms with E-state index in [4.69, 9.17) is 0 Å². The molecule has 1 saturated carbocycles. The maximum atomic E-state index is 12.6. The third kappa shape index (κ3) is 2.58. The molecule has 0 spiro atoms. The first-order valence-corrected chi connectivity index (χ1v) is 4.84. The lowest BCUT2D eigenvalue weighted by molar-refractivity contribution is 0.276. The molecule has 1 aliphatic rings. The largest absolute Gasteiger partial charge is 0.199 e. The van der Waals surface area contributed by atoms with Gasteiger partial charge in [0, 0.05) is 0 Å². The molecule has 2 heteroatoms. The predicted octanol–water partition coefficient (Wildman–Crippen LogP) is 4.16. The number of rotatable bonds is 0. The summed E-state index contributed by atoms with van der Waals surface area (Å²) < 4.78 is 12.5. The van der Waals surface area contributed by atoms with Gasteiger partial charge in [0.2, 0.25) is 0 Å². The molecular formula is C9H14BrF. The third-order valence-electron chi connectivity index (χ3n) is 2.47. The van der Waals surface area contributed by atoms with Crippen molar-refractivity contribution in [2.24, 2.45) is 5.41 Å². The second-order valence-electron chi connectivity index (χ2n) is 4.03. The van der Waals surface area contributed by atoms with Gasteiger partial charge in [-0.2, -0.15) is 4.39 Å². The molecule has 64 valence electrons. The fourth-order valence-electron chi connectivity index (χ4n) is 1.42. The Morgan fingerprint density at radius 3 is 2.18 bits per heavy atom. The van der Waals surface area contributed by atoms with Crippen molar-refractivity contribution in [3.63, 3.8) is 0 Å². The molecule has 0 aromatic heterocycles. The first-order valence-electron chi connectivity index (χ1n) is 4.04. The van der Waals surface area contributed by atoms with Gasteiger partial charge in [-0.25, -0.2) is 0 Å². The van der Waals surface area contributed by atoms with Crippen molar-refractivity contribution < 1.29 is 4.39 Å². The zero-order chi connectivity index (χ0) is 8.48. The Hall–Kier alpha value is 0.150. The van der Waals surface area contributed by atoms with Crippen molar-refractivity contribution in [3.05, 3.63) is 10.3 Å². The van der Waals surface area contributed by atoms with E-state index in [9.17, 15) is 4.39 Å². The second-order valence-corrected chi connectivity index (χ2v) is 4.72. The summed E-state index contributed by atoms with van der Waals surface area (Å²) >= 11 is 2.89. The van der Waals surface area contributed by atoms with Gasteiger partial charge in [0.25, 0.3) is 0 Å². The molecule has 0 amide bonds. The number of halogens is 2. The van der Waals surface area contributed by atoms with E-state index in [1.165, 1.54) is 0 Å². The highest BCUT2D eigenvalue weighted by Crippen LogP contribution is 2.39. The number of hydrogen-bond acceptors (Lipinski definition) is 0. The van der Waals surface area contributed by atoms with Crippen LogP contribution in [0.15, 0.2) is 10.3 Å². The van der Waals surface area contributed by atoms with Crippen molar-refractivity contribution in [1.29, 1.82) is 0 Å². The maximum absolute atomic E-state index is 12.6. The SMILES string of the molecule is CC1(C)CCC(=C(F)Br)CC1. The standard InChI is InChI=1S/C9H14BrF/c1-9(2)5-3-7(4-6-9)8(10)11/h3-6H2,1-2H3. The predicted molar refractivity (Wildman–Crippen MR) is 49.3 cm³/mol. The van der Waals surface area contributed by atoms with Crippen molar-refractivity contribution in [2.75, 3.05) is 0 Å². The molecule has 0 atom stereocenters. The summed E-state index contributed by atoms with van der Waals surface area (Å²) in [5, 5.41) is 0. The van der Waals surface area contributed by atoms with Gasteiger partial charge in [0.05, 0.1) is 0 Å². The third-order valence-corrected chi connectivity index (χ3v) is 3.04. The van der Waals surface area contributed by atoms with Gasteiger partial charge in [-0.3, -0.25) is 0 Å². The lowest BCUT2D eigenvalue weighted by atomic mass is 9.76. The summed E-state index contributed by atoms with van der Waals surface area (Å²) in [5.74, 6) is 0. The first-order chi connectivity index (χ1) is 5.01. The molecular weight excluding hydrogens is 207 g/mol. The van der Waals surface area contributed by atoms with Crippen molar-refractivity contribution in [3.8, 4) is 0 Å². The summed E-state index contributed by atoms with van der Waals surface area (Å²) in [7, 11) is 0. The topological polar surface area (TPSA) is 0 Å². The highest BCUT2D eigenvalue weighted by atomic mass is 79.9. The van der Waals surface area contributed by atoms with Crippen LogP contribution in [-0.4, -0.2) is 0 Å². The lowest BCUT2D eigenvalue weighted by Crippen LogP contribution is -2.16. The minimum atomic E-state index is -0.131. The van der Waals surface area contributed by atoms with Crippen LogP contribution in [-0.2, 0) is 0 Å². The highest BCUT2D eigenvalue weighted by Gasteiger charge is 2.24. The van der Waals surface area contributed by atoms with Gasteiger partial charge in [0.15, 0.2) is 4.74 Å². The van der Waals surface area contributed by atoms with Gasteiger partial charge in [-0.15, -0.1) is 0 Å². The van der Waals surface area contributed by atoms with Crippen molar-refractivity contribution >= 4 is 15.9 Å². The molecule has 0 radical (unpaired) electrons. The first kappa shape index (κ1) is 9.24. The van der Waals surface area contributed by atoms with E-state index in [0.29, 0.717) is 5.41 Å². The molecule has 0 N–H and O–H groups in total. The zero-order valence-electron chi connectivity index (χ0n) is 7.08.